The number of nitrogens with one attached hydrogen (secondary N) is 2. The summed E-state index contributed by atoms with van der Waals surface area (Å²) in [5, 5.41) is 4.04. The van der Waals surface area contributed by atoms with E-state index in [2.05, 4.69) is 16.4 Å². The second-order valence-electron chi connectivity index (χ2n) is 6.60. The molecule has 6 heteroatoms. The van der Waals surface area contributed by atoms with Crippen LogP contribution in [0, 0.1) is 0 Å². The number of H-pyrrole nitrogens is 1. The van der Waals surface area contributed by atoms with Crippen LogP contribution in [0.5, 0.6) is 5.75 Å². The van der Waals surface area contributed by atoms with Crippen molar-refractivity contribution in [1.82, 2.24) is 15.2 Å². The molecule has 3 aromatic rings. The van der Waals surface area contributed by atoms with Crippen LogP contribution >= 0.6 is 0 Å². The molecule has 0 aliphatic carbocycles. The van der Waals surface area contributed by atoms with Gasteiger partial charge >= 0.3 is 0 Å². The largest absolute Gasteiger partial charge is 0.497 e. The van der Waals surface area contributed by atoms with E-state index in [-0.39, 0.29) is 11.8 Å². The summed E-state index contributed by atoms with van der Waals surface area (Å²) in [7, 11) is 1.59. The Kier molecular flexibility index (Phi) is 6.32. The molecule has 2 amide bonds. The highest BCUT2D eigenvalue weighted by atomic mass is 16.5. The number of fused-ring (bicyclic) bond motifs is 1. The molecule has 0 fully saturated rings. The molecule has 0 saturated carbocycles. The highest BCUT2D eigenvalue weighted by Gasteiger charge is 2.12. The smallest absolute Gasteiger partial charge is 0.251 e. The van der Waals surface area contributed by atoms with Gasteiger partial charge in [0.2, 0.25) is 5.91 Å². The third kappa shape index (κ3) is 4.71. The molecule has 0 bridgehead atoms. The van der Waals surface area contributed by atoms with Crippen LogP contribution < -0.4 is 10.1 Å². The van der Waals surface area contributed by atoms with Crippen LogP contribution in [-0.2, 0) is 11.2 Å². The second-order valence-corrected chi connectivity index (χ2v) is 6.60. The molecule has 0 radical (unpaired) electrons. The van der Waals surface area contributed by atoms with Crippen LogP contribution in [0.2, 0.25) is 0 Å². The minimum absolute atomic E-state index is 0.00135. The zero-order valence-corrected chi connectivity index (χ0v) is 16.2. The van der Waals surface area contributed by atoms with Gasteiger partial charge in [-0.1, -0.05) is 18.2 Å². The number of ether oxygens (including phenoxy) is 1. The summed E-state index contributed by atoms with van der Waals surface area (Å²) in [6.07, 6.45) is 2.75. The van der Waals surface area contributed by atoms with Crippen LogP contribution in [0.3, 0.4) is 0 Å². The van der Waals surface area contributed by atoms with Crippen molar-refractivity contribution >= 4 is 22.7 Å². The Morgan fingerprint density at radius 2 is 1.82 bits per heavy atom. The number of aromatic nitrogens is 1. The first-order valence-electron chi connectivity index (χ1n) is 9.31. The third-order valence-electron chi connectivity index (χ3n) is 4.79. The Hall–Kier alpha value is -3.28. The van der Waals surface area contributed by atoms with Gasteiger partial charge in [-0.05, 0) is 42.3 Å². The lowest BCUT2D eigenvalue weighted by Gasteiger charge is -2.21. The van der Waals surface area contributed by atoms with Gasteiger partial charge in [-0.25, -0.2) is 0 Å². The number of carbonyl (C=O) groups is 2. The van der Waals surface area contributed by atoms with E-state index >= 15 is 0 Å². The second kappa shape index (κ2) is 9.08. The van der Waals surface area contributed by atoms with Crippen molar-refractivity contribution in [2.45, 2.75) is 13.3 Å². The fourth-order valence-corrected chi connectivity index (χ4v) is 3.17. The SMILES string of the molecule is COc1ccc(C(=O)NCCN(CCc2c[nH]c3ccccc23)C(C)=O)cc1. The summed E-state index contributed by atoms with van der Waals surface area (Å²) in [5.41, 5.74) is 2.84. The molecule has 2 N–H and O–H groups in total. The number of methoxy groups -OCH3 is 1. The fourth-order valence-electron chi connectivity index (χ4n) is 3.17. The maximum Gasteiger partial charge on any atom is 0.251 e. The topological polar surface area (TPSA) is 74.4 Å². The van der Waals surface area contributed by atoms with Gasteiger partial charge in [-0.2, -0.15) is 0 Å². The molecule has 1 heterocycles. The standard InChI is InChI=1S/C22H25N3O3/c1-16(26)25(13-11-18-15-24-21-6-4-3-5-20(18)21)14-12-23-22(27)17-7-9-19(28-2)10-8-17/h3-10,15,24H,11-14H2,1-2H3,(H,23,27). The number of hydrogen-bond acceptors (Lipinski definition) is 3. The predicted octanol–water partition coefficient (Wildman–Crippen LogP) is 3.00. The molecule has 28 heavy (non-hydrogen) atoms. The molecule has 2 aromatic carbocycles. The van der Waals surface area contributed by atoms with E-state index < -0.39 is 0 Å². The number of aromatic amines is 1. The van der Waals surface area contributed by atoms with Gasteiger partial charge in [-0.3, -0.25) is 9.59 Å². The van der Waals surface area contributed by atoms with Crippen molar-refractivity contribution in [3.8, 4) is 5.75 Å². The monoisotopic (exact) mass is 379 g/mol. The minimum atomic E-state index is -0.164. The third-order valence-corrected chi connectivity index (χ3v) is 4.79. The van der Waals surface area contributed by atoms with E-state index in [0.29, 0.717) is 30.9 Å². The van der Waals surface area contributed by atoms with Gasteiger partial charge < -0.3 is 19.9 Å². The lowest BCUT2D eigenvalue weighted by molar-refractivity contribution is -0.128. The number of rotatable bonds is 8. The lowest BCUT2D eigenvalue weighted by Crippen LogP contribution is -2.38. The van der Waals surface area contributed by atoms with Gasteiger partial charge in [0.1, 0.15) is 5.75 Å². The Morgan fingerprint density at radius 1 is 1.07 bits per heavy atom. The number of nitrogens with zero attached hydrogens (tertiary/aromatic N) is 1. The van der Waals surface area contributed by atoms with Gasteiger partial charge in [0, 0.05) is 49.2 Å². The Bertz CT molecular complexity index is 947. The van der Waals surface area contributed by atoms with Gasteiger partial charge in [0.15, 0.2) is 0 Å². The van der Waals surface area contributed by atoms with Crippen molar-refractivity contribution in [3.05, 3.63) is 65.9 Å². The van der Waals surface area contributed by atoms with Crippen LogP contribution in [0.1, 0.15) is 22.8 Å². The number of hydrogen-bond donors (Lipinski definition) is 2. The molecule has 0 atom stereocenters. The van der Waals surface area contributed by atoms with E-state index in [1.165, 1.54) is 10.9 Å². The van der Waals surface area contributed by atoms with Gasteiger partial charge in [0.05, 0.1) is 7.11 Å². The van der Waals surface area contributed by atoms with Gasteiger partial charge in [0.25, 0.3) is 5.91 Å². The summed E-state index contributed by atoms with van der Waals surface area (Å²) >= 11 is 0. The first-order chi connectivity index (χ1) is 13.6. The molecule has 0 unspecified atom stereocenters. The van der Waals surface area contributed by atoms with E-state index in [4.69, 9.17) is 4.74 Å². The number of para-hydroxylation sites is 1. The van der Waals surface area contributed by atoms with Crippen LogP contribution in [0.15, 0.2) is 54.7 Å². The van der Waals surface area contributed by atoms with Crippen molar-refractivity contribution in [2.75, 3.05) is 26.7 Å². The number of carbonyl (C=O) groups excluding carboxylic acids is 2. The number of amides is 2. The van der Waals surface area contributed by atoms with E-state index in [1.807, 2.05) is 24.4 Å². The van der Waals surface area contributed by atoms with Crippen molar-refractivity contribution < 1.29 is 14.3 Å². The molecule has 0 saturated heterocycles. The number of benzene rings is 2. The zero-order valence-electron chi connectivity index (χ0n) is 16.2. The molecular formula is C22H25N3O3. The molecule has 6 nitrogen and oxygen atoms in total. The normalized spacial score (nSPS) is 10.6. The molecule has 0 spiro atoms. The van der Waals surface area contributed by atoms with E-state index in [9.17, 15) is 9.59 Å². The molecule has 3 rings (SSSR count). The molecule has 1 aromatic heterocycles. The van der Waals surface area contributed by atoms with Crippen LogP contribution in [0.25, 0.3) is 10.9 Å². The maximum absolute atomic E-state index is 12.2. The summed E-state index contributed by atoms with van der Waals surface area (Å²) in [5.74, 6) is 0.540. The predicted molar refractivity (Wildman–Crippen MR) is 110 cm³/mol. The fraction of sp³-hybridized carbons (Fsp3) is 0.273. The average molecular weight is 379 g/mol. The molecule has 0 aliphatic heterocycles. The lowest BCUT2D eigenvalue weighted by atomic mass is 10.1. The van der Waals surface area contributed by atoms with E-state index in [1.54, 1.807) is 43.2 Å². The summed E-state index contributed by atoms with van der Waals surface area (Å²) < 4.78 is 5.09. The summed E-state index contributed by atoms with van der Waals surface area (Å²) in [6, 6.07) is 15.1. The van der Waals surface area contributed by atoms with Crippen molar-refractivity contribution in [3.63, 3.8) is 0 Å². The molecule has 146 valence electrons. The van der Waals surface area contributed by atoms with Gasteiger partial charge in [-0.15, -0.1) is 0 Å². The average Bonchev–Trinajstić information content (AvgIpc) is 3.13. The zero-order chi connectivity index (χ0) is 19.9. The van der Waals surface area contributed by atoms with Crippen LogP contribution in [0.4, 0.5) is 0 Å². The quantitative estimate of drug-likeness (QED) is 0.632. The maximum atomic E-state index is 12.2. The first-order valence-corrected chi connectivity index (χ1v) is 9.31. The Morgan fingerprint density at radius 3 is 2.54 bits per heavy atom. The molecular weight excluding hydrogens is 354 g/mol. The van der Waals surface area contributed by atoms with E-state index in [0.717, 1.165) is 11.9 Å². The summed E-state index contributed by atoms with van der Waals surface area (Å²) in [6.45, 7) is 3.04. The minimum Gasteiger partial charge on any atom is -0.497 e. The Balaban J connectivity index is 1.51. The van der Waals surface area contributed by atoms with Crippen LogP contribution in [-0.4, -0.2) is 48.4 Å². The Labute approximate surface area is 164 Å². The first kappa shape index (κ1) is 19.5. The summed E-state index contributed by atoms with van der Waals surface area (Å²) in [4.78, 5) is 29.2. The van der Waals surface area contributed by atoms with Crippen molar-refractivity contribution in [1.29, 1.82) is 0 Å². The molecule has 0 aliphatic rings. The highest BCUT2D eigenvalue weighted by molar-refractivity contribution is 5.94. The highest BCUT2D eigenvalue weighted by Crippen LogP contribution is 2.18. The van der Waals surface area contributed by atoms with Crippen molar-refractivity contribution in [2.24, 2.45) is 0 Å².